The first-order valence-electron chi connectivity index (χ1n) is 12.8. The summed E-state index contributed by atoms with van der Waals surface area (Å²) in [6.45, 7) is -0.519. The largest absolute Gasteiger partial charge is 0.481 e. The van der Waals surface area contributed by atoms with E-state index in [0.717, 1.165) is 0 Å². The molecule has 42 heavy (non-hydrogen) atoms. The van der Waals surface area contributed by atoms with Gasteiger partial charge in [-0.05, 0) is 24.9 Å². The fourth-order valence-electron chi connectivity index (χ4n) is 3.64. The molecule has 0 aromatic carbocycles. The van der Waals surface area contributed by atoms with Gasteiger partial charge in [-0.25, -0.2) is 14.8 Å². The molecule has 0 fully saturated rings. The number of carboxylic acid groups (broad SMARTS) is 2. The van der Waals surface area contributed by atoms with Crippen LogP contribution in [0.15, 0.2) is 25.0 Å². The number of aromatic amines is 2. The minimum atomic E-state index is -1.40. The molecule has 2 aromatic heterocycles. The van der Waals surface area contributed by atoms with Crippen LogP contribution in [0.3, 0.4) is 0 Å². The number of hydrogen-bond acceptors (Lipinski definition) is 10. The lowest BCUT2D eigenvalue weighted by atomic mass is 10.1. The maximum atomic E-state index is 13.2. The molecule has 0 aliphatic carbocycles. The molecule has 230 valence electrons. The molecule has 0 radical (unpaired) electrons. The highest BCUT2D eigenvalue weighted by Crippen LogP contribution is 2.06. The molecule has 0 saturated carbocycles. The van der Waals surface area contributed by atoms with E-state index in [9.17, 15) is 33.9 Å². The van der Waals surface area contributed by atoms with Crippen molar-refractivity contribution in [2.75, 3.05) is 18.6 Å². The number of carbonyl (C=O) groups is 6. The Hall–Kier alpha value is -4.45. The number of nitrogens with two attached hydrogens (primary N) is 1. The van der Waals surface area contributed by atoms with Gasteiger partial charge in [0.15, 0.2) is 0 Å². The molecule has 10 N–H and O–H groups in total. The van der Waals surface area contributed by atoms with Crippen LogP contribution in [0.25, 0.3) is 0 Å². The van der Waals surface area contributed by atoms with Crippen molar-refractivity contribution < 1.29 is 39.0 Å². The fraction of sp³-hybridized carbons (Fsp3) is 0.500. The second-order valence-electron chi connectivity index (χ2n) is 9.18. The van der Waals surface area contributed by atoms with E-state index in [-0.39, 0.29) is 19.3 Å². The molecule has 0 bridgehead atoms. The van der Waals surface area contributed by atoms with Crippen molar-refractivity contribution in [1.29, 1.82) is 0 Å². The predicted octanol–water partition coefficient (Wildman–Crippen LogP) is -2.48. The fourth-order valence-corrected chi connectivity index (χ4v) is 4.13. The Balaban J connectivity index is 2.12. The molecule has 17 nitrogen and oxygen atoms in total. The van der Waals surface area contributed by atoms with Crippen LogP contribution in [-0.4, -0.2) is 108 Å². The molecule has 0 unspecified atom stereocenters. The molecule has 2 heterocycles. The number of amides is 4. The summed E-state index contributed by atoms with van der Waals surface area (Å²) in [6.07, 6.45) is 6.70. The van der Waals surface area contributed by atoms with Crippen molar-refractivity contribution in [2.24, 2.45) is 5.73 Å². The molecule has 0 aliphatic heterocycles. The van der Waals surface area contributed by atoms with E-state index in [0.29, 0.717) is 23.6 Å². The maximum Gasteiger partial charge on any atom is 0.326 e. The van der Waals surface area contributed by atoms with Gasteiger partial charge >= 0.3 is 11.9 Å². The molecule has 0 saturated heterocycles. The van der Waals surface area contributed by atoms with Gasteiger partial charge in [-0.2, -0.15) is 11.8 Å². The van der Waals surface area contributed by atoms with Gasteiger partial charge in [-0.1, -0.05) is 0 Å². The molecule has 2 aromatic rings. The predicted molar refractivity (Wildman–Crippen MR) is 149 cm³/mol. The van der Waals surface area contributed by atoms with Gasteiger partial charge in [0.05, 0.1) is 25.2 Å². The number of thioether (sulfide) groups is 1. The summed E-state index contributed by atoms with van der Waals surface area (Å²) < 4.78 is 0. The molecule has 0 aliphatic rings. The second-order valence-corrected chi connectivity index (χ2v) is 10.2. The minimum Gasteiger partial charge on any atom is -0.481 e. The monoisotopic (exact) mass is 609 g/mol. The van der Waals surface area contributed by atoms with E-state index in [4.69, 9.17) is 10.8 Å². The SMILES string of the molecule is CSCC[C@H](N)C(=O)NCC(=O)N[C@@H](CCC(=O)O)C(=O)N[C@@H](Cc1cnc[nH]1)C(=O)N[C@@H](Cc1cnc[nH]1)C(=O)O. The van der Waals surface area contributed by atoms with Crippen molar-refractivity contribution in [3.05, 3.63) is 36.4 Å². The zero-order valence-corrected chi connectivity index (χ0v) is 23.6. The van der Waals surface area contributed by atoms with Gasteiger partial charge in [-0.15, -0.1) is 0 Å². The number of carbonyl (C=O) groups excluding carboxylic acids is 4. The average molecular weight is 610 g/mol. The molecular formula is C24H35N9O8S. The van der Waals surface area contributed by atoms with Crippen LogP contribution in [0.5, 0.6) is 0 Å². The van der Waals surface area contributed by atoms with Gasteiger partial charge in [0, 0.05) is 43.0 Å². The molecule has 2 rings (SSSR count). The Morgan fingerprint density at radius 1 is 0.857 bits per heavy atom. The van der Waals surface area contributed by atoms with E-state index in [2.05, 4.69) is 41.2 Å². The standard InChI is InChI=1S/C24H35N9O8S/c1-42-5-4-15(25)21(37)28-10-19(34)31-16(2-3-20(35)36)22(38)32-17(6-13-8-26-11-29-13)23(39)33-18(24(40)41)7-14-9-27-12-30-14/h8-9,11-12,15-18H,2-7,10,25H2,1H3,(H,26,29)(H,27,30)(H,28,37)(H,31,34)(H,32,38)(H,33,39)(H,35,36)(H,40,41)/t15-,16-,17-,18-/m0/s1. The Morgan fingerprint density at radius 2 is 1.43 bits per heavy atom. The number of aliphatic carboxylic acids is 2. The Kier molecular flexibility index (Phi) is 14.0. The number of carboxylic acids is 2. The first-order chi connectivity index (χ1) is 20.0. The Labute approximate surface area is 244 Å². The molecule has 18 heteroatoms. The van der Waals surface area contributed by atoms with Crippen LogP contribution in [0, 0.1) is 0 Å². The van der Waals surface area contributed by atoms with Crippen molar-refractivity contribution in [1.82, 2.24) is 41.2 Å². The summed E-state index contributed by atoms with van der Waals surface area (Å²) >= 11 is 1.51. The first-order valence-corrected chi connectivity index (χ1v) is 14.2. The lowest BCUT2D eigenvalue weighted by molar-refractivity contribution is -0.142. The number of H-pyrrole nitrogens is 2. The topological polar surface area (TPSA) is 274 Å². The zero-order chi connectivity index (χ0) is 31.1. The van der Waals surface area contributed by atoms with E-state index in [1.165, 1.54) is 36.8 Å². The van der Waals surface area contributed by atoms with Gasteiger partial charge in [0.25, 0.3) is 0 Å². The third-order valence-corrected chi connectivity index (χ3v) is 6.54. The van der Waals surface area contributed by atoms with E-state index < -0.39 is 72.7 Å². The molecular weight excluding hydrogens is 574 g/mol. The highest BCUT2D eigenvalue weighted by Gasteiger charge is 2.31. The third-order valence-electron chi connectivity index (χ3n) is 5.90. The average Bonchev–Trinajstić information content (AvgIpc) is 3.66. The quantitative estimate of drug-likeness (QED) is 0.0801. The van der Waals surface area contributed by atoms with Crippen molar-refractivity contribution in [2.45, 2.75) is 56.3 Å². The Bertz CT molecular complexity index is 1190. The van der Waals surface area contributed by atoms with Crippen molar-refractivity contribution in [3.8, 4) is 0 Å². The zero-order valence-electron chi connectivity index (χ0n) is 22.8. The summed E-state index contributed by atoms with van der Waals surface area (Å²) in [5.74, 6) is -5.01. The number of hydrogen-bond donors (Lipinski definition) is 9. The summed E-state index contributed by atoms with van der Waals surface area (Å²) in [4.78, 5) is 87.3. The van der Waals surface area contributed by atoms with Crippen LogP contribution in [0.2, 0.25) is 0 Å². The van der Waals surface area contributed by atoms with Crippen LogP contribution < -0.4 is 27.0 Å². The number of nitrogens with zero attached hydrogens (tertiary/aromatic N) is 2. The second kappa shape index (κ2) is 17.4. The van der Waals surface area contributed by atoms with Crippen LogP contribution in [0.4, 0.5) is 0 Å². The van der Waals surface area contributed by atoms with Crippen molar-refractivity contribution >= 4 is 47.3 Å². The van der Waals surface area contributed by atoms with Gasteiger partial charge in [-0.3, -0.25) is 24.0 Å². The number of rotatable bonds is 19. The summed E-state index contributed by atoms with van der Waals surface area (Å²) in [5.41, 5.74) is 6.66. The van der Waals surface area contributed by atoms with Crippen LogP contribution >= 0.6 is 11.8 Å². The van der Waals surface area contributed by atoms with E-state index in [1.807, 2.05) is 6.26 Å². The smallest absolute Gasteiger partial charge is 0.326 e. The highest BCUT2D eigenvalue weighted by atomic mass is 32.2. The first kappa shape index (κ1) is 33.8. The van der Waals surface area contributed by atoms with E-state index in [1.54, 1.807) is 0 Å². The minimum absolute atomic E-state index is 0.115. The Morgan fingerprint density at radius 3 is 1.95 bits per heavy atom. The van der Waals surface area contributed by atoms with Gasteiger partial charge in [0.1, 0.15) is 18.1 Å². The molecule has 4 amide bonds. The van der Waals surface area contributed by atoms with Crippen molar-refractivity contribution in [3.63, 3.8) is 0 Å². The molecule has 4 atom stereocenters. The number of aromatic nitrogens is 4. The van der Waals surface area contributed by atoms with Gasteiger partial charge in [0.2, 0.25) is 23.6 Å². The summed E-state index contributed by atoms with van der Waals surface area (Å²) in [6, 6.07) is -4.93. The van der Waals surface area contributed by atoms with E-state index >= 15 is 0 Å². The van der Waals surface area contributed by atoms with Crippen LogP contribution in [-0.2, 0) is 41.6 Å². The molecule has 0 spiro atoms. The normalized spacial score (nSPS) is 13.7. The van der Waals surface area contributed by atoms with Crippen LogP contribution in [0.1, 0.15) is 30.7 Å². The lowest BCUT2D eigenvalue weighted by Crippen LogP contribution is -2.57. The summed E-state index contributed by atoms with van der Waals surface area (Å²) in [5, 5.41) is 28.3. The highest BCUT2D eigenvalue weighted by molar-refractivity contribution is 7.98. The number of imidazole rings is 2. The summed E-state index contributed by atoms with van der Waals surface area (Å²) in [7, 11) is 0. The lowest BCUT2D eigenvalue weighted by Gasteiger charge is -2.24. The maximum absolute atomic E-state index is 13.2. The van der Waals surface area contributed by atoms with Gasteiger partial charge < -0.3 is 47.2 Å². The third kappa shape index (κ3) is 12.0. The number of nitrogens with one attached hydrogen (secondary N) is 6.